The Bertz CT molecular complexity index is 1850. The third kappa shape index (κ3) is 2.61. The second-order valence-corrected chi connectivity index (χ2v) is 8.31. The molecule has 0 spiro atoms. The standard InChI is InChI=1S/C29H20N4O/c1-34-21-13-9-12-20(18-21)33-25-17-8-6-15-23(25)27-29(33)31-28-26(30-27)22-14-5-7-16-24(22)32(28)19-10-3-2-4-11-19/h2-18H,1H3. The lowest BCUT2D eigenvalue weighted by Crippen LogP contribution is -1.99. The first-order chi connectivity index (χ1) is 16.8. The van der Waals surface area contributed by atoms with E-state index in [0.29, 0.717) is 0 Å². The van der Waals surface area contributed by atoms with Gasteiger partial charge in [-0.15, -0.1) is 0 Å². The van der Waals surface area contributed by atoms with Gasteiger partial charge in [0.05, 0.1) is 23.8 Å². The van der Waals surface area contributed by atoms with Crippen LogP contribution in [0.3, 0.4) is 0 Å². The van der Waals surface area contributed by atoms with Crippen molar-refractivity contribution in [1.29, 1.82) is 0 Å². The Morgan fingerprint density at radius 3 is 1.76 bits per heavy atom. The number of ether oxygens (including phenoxy) is 1. The van der Waals surface area contributed by atoms with Crippen LogP contribution in [0.5, 0.6) is 5.75 Å². The third-order valence-corrected chi connectivity index (χ3v) is 6.41. The summed E-state index contributed by atoms with van der Waals surface area (Å²) in [6, 6.07) is 35.1. The second-order valence-electron chi connectivity index (χ2n) is 8.31. The molecule has 0 fully saturated rings. The number of hydrogen-bond donors (Lipinski definition) is 0. The molecule has 4 aromatic carbocycles. The van der Waals surface area contributed by atoms with Crippen molar-refractivity contribution in [1.82, 2.24) is 19.1 Å². The minimum atomic E-state index is 0.802. The van der Waals surface area contributed by atoms with Crippen LogP contribution in [0, 0.1) is 0 Å². The zero-order valence-corrected chi connectivity index (χ0v) is 18.5. The van der Waals surface area contributed by atoms with E-state index in [0.717, 1.165) is 61.3 Å². The lowest BCUT2D eigenvalue weighted by atomic mass is 10.2. The molecule has 0 bridgehead atoms. The van der Waals surface area contributed by atoms with Crippen LogP contribution in [0.1, 0.15) is 0 Å². The lowest BCUT2D eigenvalue weighted by Gasteiger charge is -2.09. The van der Waals surface area contributed by atoms with Crippen LogP contribution in [0.2, 0.25) is 0 Å². The quantitative estimate of drug-likeness (QED) is 0.308. The summed E-state index contributed by atoms with van der Waals surface area (Å²) >= 11 is 0. The maximum Gasteiger partial charge on any atom is 0.166 e. The first kappa shape index (κ1) is 18.9. The fourth-order valence-corrected chi connectivity index (χ4v) is 4.91. The van der Waals surface area contributed by atoms with E-state index < -0.39 is 0 Å². The summed E-state index contributed by atoms with van der Waals surface area (Å²) in [4.78, 5) is 10.5. The van der Waals surface area contributed by atoms with Crippen molar-refractivity contribution >= 4 is 44.1 Å². The Balaban J connectivity index is 1.68. The molecule has 0 saturated carbocycles. The molecule has 3 aromatic heterocycles. The Kier molecular flexibility index (Phi) is 3.99. The average molecular weight is 441 g/mol. The van der Waals surface area contributed by atoms with Crippen molar-refractivity contribution in [3.8, 4) is 17.1 Å². The average Bonchev–Trinajstić information content (AvgIpc) is 3.40. The smallest absolute Gasteiger partial charge is 0.166 e. The minimum Gasteiger partial charge on any atom is -0.497 e. The van der Waals surface area contributed by atoms with Gasteiger partial charge in [-0.1, -0.05) is 60.7 Å². The molecule has 0 N–H and O–H groups in total. The Labute approximate surface area is 195 Å². The molecule has 0 amide bonds. The van der Waals surface area contributed by atoms with Crippen molar-refractivity contribution in [2.75, 3.05) is 7.11 Å². The highest BCUT2D eigenvalue weighted by Gasteiger charge is 2.20. The molecule has 162 valence electrons. The summed E-state index contributed by atoms with van der Waals surface area (Å²) in [6.45, 7) is 0. The van der Waals surface area contributed by atoms with E-state index in [4.69, 9.17) is 14.7 Å². The van der Waals surface area contributed by atoms with Gasteiger partial charge >= 0.3 is 0 Å². The largest absolute Gasteiger partial charge is 0.497 e. The summed E-state index contributed by atoms with van der Waals surface area (Å²) in [5, 5.41) is 2.17. The summed E-state index contributed by atoms with van der Waals surface area (Å²) in [6.07, 6.45) is 0. The van der Waals surface area contributed by atoms with Crippen molar-refractivity contribution in [3.63, 3.8) is 0 Å². The number of benzene rings is 4. The molecule has 5 nitrogen and oxygen atoms in total. The van der Waals surface area contributed by atoms with Gasteiger partial charge in [0.15, 0.2) is 11.3 Å². The van der Waals surface area contributed by atoms with Crippen LogP contribution < -0.4 is 4.74 Å². The summed E-state index contributed by atoms with van der Waals surface area (Å²) in [5.74, 6) is 0.802. The van der Waals surface area contributed by atoms with Gasteiger partial charge in [0.2, 0.25) is 0 Å². The van der Waals surface area contributed by atoms with Crippen molar-refractivity contribution in [2.24, 2.45) is 0 Å². The van der Waals surface area contributed by atoms with Gasteiger partial charge in [-0.25, -0.2) is 9.97 Å². The van der Waals surface area contributed by atoms with E-state index >= 15 is 0 Å². The fourth-order valence-electron chi connectivity index (χ4n) is 4.91. The molecule has 0 aliphatic heterocycles. The molecule has 7 rings (SSSR count). The van der Waals surface area contributed by atoms with E-state index in [2.05, 4.69) is 88.0 Å². The Morgan fingerprint density at radius 1 is 0.559 bits per heavy atom. The zero-order valence-electron chi connectivity index (χ0n) is 18.5. The van der Waals surface area contributed by atoms with Crippen molar-refractivity contribution < 1.29 is 4.74 Å². The SMILES string of the molecule is COc1cccc(-n2c3ccccc3c3nc4c5ccccc5n(-c5ccccc5)c4nc32)c1. The number of aromatic nitrogens is 4. The molecule has 0 aliphatic rings. The number of fused-ring (bicyclic) bond motifs is 6. The molecule has 7 aromatic rings. The van der Waals surface area contributed by atoms with Crippen LogP contribution in [-0.2, 0) is 0 Å². The zero-order chi connectivity index (χ0) is 22.6. The third-order valence-electron chi connectivity index (χ3n) is 6.41. The van der Waals surface area contributed by atoms with Gasteiger partial charge < -0.3 is 4.74 Å². The number of para-hydroxylation sites is 3. The summed E-state index contributed by atoms with van der Waals surface area (Å²) < 4.78 is 9.88. The summed E-state index contributed by atoms with van der Waals surface area (Å²) in [5.41, 5.74) is 7.66. The highest BCUT2D eigenvalue weighted by molar-refractivity contribution is 6.12. The fraction of sp³-hybridized carbons (Fsp3) is 0.0345. The molecule has 0 atom stereocenters. The molecule has 0 saturated heterocycles. The van der Waals surface area contributed by atoms with E-state index in [1.165, 1.54) is 0 Å². The molecule has 3 heterocycles. The first-order valence-corrected chi connectivity index (χ1v) is 11.2. The molecule has 0 aliphatic carbocycles. The number of hydrogen-bond acceptors (Lipinski definition) is 3. The summed E-state index contributed by atoms with van der Waals surface area (Å²) in [7, 11) is 1.69. The van der Waals surface area contributed by atoms with Gasteiger partial charge in [-0.05, 0) is 36.4 Å². The van der Waals surface area contributed by atoms with Crippen LogP contribution >= 0.6 is 0 Å². The second kappa shape index (κ2) is 7.18. The molecule has 0 unspecified atom stereocenters. The highest BCUT2D eigenvalue weighted by Crippen LogP contribution is 2.35. The molecular weight excluding hydrogens is 420 g/mol. The highest BCUT2D eigenvalue weighted by atomic mass is 16.5. The van der Waals surface area contributed by atoms with Crippen LogP contribution in [0.15, 0.2) is 103 Å². The Morgan fingerprint density at radius 2 is 1.12 bits per heavy atom. The molecule has 0 radical (unpaired) electrons. The van der Waals surface area contributed by atoms with E-state index in [1.54, 1.807) is 7.11 Å². The van der Waals surface area contributed by atoms with Gasteiger partial charge in [0.1, 0.15) is 16.8 Å². The predicted molar refractivity (Wildman–Crippen MR) is 137 cm³/mol. The van der Waals surface area contributed by atoms with Gasteiger partial charge in [-0.2, -0.15) is 0 Å². The molecular formula is C29H20N4O. The lowest BCUT2D eigenvalue weighted by molar-refractivity contribution is 0.414. The number of methoxy groups -OCH3 is 1. The predicted octanol–water partition coefficient (Wildman–Crippen LogP) is 6.68. The first-order valence-electron chi connectivity index (χ1n) is 11.2. The monoisotopic (exact) mass is 440 g/mol. The van der Waals surface area contributed by atoms with Crippen LogP contribution in [-0.4, -0.2) is 26.2 Å². The Hall–Kier alpha value is -4.64. The molecule has 5 heteroatoms. The van der Waals surface area contributed by atoms with E-state index in [9.17, 15) is 0 Å². The van der Waals surface area contributed by atoms with Crippen molar-refractivity contribution in [3.05, 3.63) is 103 Å². The van der Waals surface area contributed by atoms with Gasteiger partial charge in [0, 0.05) is 22.5 Å². The molecule has 34 heavy (non-hydrogen) atoms. The van der Waals surface area contributed by atoms with Crippen LogP contribution in [0.25, 0.3) is 55.5 Å². The van der Waals surface area contributed by atoms with Crippen molar-refractivity contribution in [2.45, 2.75) is 0 Å². The topological polar surface area (TPSA) is 44.9 Å². The van der Waals surface area contributed by atoms with Gasteiger partial charge in [0.25, 0.3) is 0 Å². The number of rotatable bonds is 3. The maximum absolute atomic E-state index is 5.51. The maximum atomic E-state index is 5.51. The number of nitrogens with zero attached hydrogens (tertiary/aromatic N) is 4. The van der Waals surface area contributed by atoms with Crippen LogP contribution in [0.4, 0.5) is 0 Å². The minimum absolute atomic E-state index is 0.802. The normalized spacial score (nSPS) is 11.7. The van der Waals surface area contributed by atoms with E-state index in [-0.39, 0.29) is 0 Å². The van der Waals surface area contributed by atoms with E-state index in [1.807, 2.05) is 24.3 Å². The van der Waals surface area contributed by atoms with Gasteiger partial charge in [-0.3, -0.25) is 9.13 Å².